The monoisotopic (exact) mass is 336 g/mol. The van der Waals surface area contributed by atoms with Crippen LogP contribution in [0.25, 0.3) is 0 Å². The number of benzene rings is 1. The van der Waals surface area contributed by atoms with Crippen molar-refractivity contribution in [2.24, 2.45) is 7.05 Å². The molecule has 2 amide bonds. The molecule has 1 aromatic heterocycles. The minimum Gasteiger partial charge on any atom is -0.375 e. The number of nitrogens with zero attached hydrogens (tertiary/aromatic N) is 3. The van der Waals surface area contributed by atoms with Crippen molar-refractivity contribution in [3.05, 3.63) is 52.8 Å². The fourth-order valence-electron chi connectivity index (χ4n) is 2.26. The molecule has 6 nitrogen and oxygen atoms in total. The van der Waals surface area contributed by atoms with Crippen molar-refractivity contribution >= 4 is 17.6 Å². The van der Waals surface area contributed by atoms with Crippen molar-refractivity contribution in [1.29, 1.82) is 0 Å². The Labute approximate surface area is 141 Å². The van der Waals surface area contributed by atoms with Crippen molar-refractivity contribution in [2.45, 2.75) is 12.6 Å². The number of hydrogen-bond acceptors (Lipinski definition) is 3. The van der Waals surface area contributed by atoms with Crippen molar-refractivity contribution in [3.63, 3.8) is 0 Å². The van der Waals surface area contributed by atoms with Crippen LogP contribution in [-0.4, -0.2) is 41.4 Å². The predicted octanol–water partition coefficient (Wildman–Crippen LogP) is 2.60. The minimum atomic E-state index is -0.246. The smallest absolute Gasteiger partial charge is 0.317 e. The van der Waals surface area contributed by atoms with Crippen LogP contribution >= 0.6 is 11.6 Å². The van der Waals surface area contributed by atoms with Crippen molar-refractivity contribution < 1.29 is 9.53 Å². The molecule has 1 atom stereocenters. The highest BCUT2D eigenvalue weighted by molar-refractivity contribution is 6.30. The number of aryl methyl sites for hydroxylation is 1. The minimum absolute atomic E-state index is 0.169. The van der Waals surface area contributed by atoms with Gasteiger partial charge >= 0.3 is 6.03 Å². The number of aromatic nitrogens is 2. The van der Waals surface area contributed by atoms with Gasteiger partial charge in [-0.15, -0.1) is 0 Å². The lowest BCUT2D eigenvalue weighted by atomic mass is 10.1. The second kappa shape index (κ2) is 7.99. The molecule has 0 saturated carbocycles. The Morgan fingerprint density at radius 1 is 1.52 bits per heavy atom. The highest BCUT2D eigenvalue weighted by Crippen LogP contribution is 2.19. The first-order valence-corrected chi connectivity index (χ1v) is 7.62. The van der Waals surface area contributed by atoms with Gasteiger partial charge in [-0.05, 0) is 17.7 Å². The number of hydrogen-bond donors (Lipinski definition) is 1. The molecule has 0 fully saturated rings. The Bertz CT molecular complexity index is 659. The van der Waals surface area contributed by atoms with E-state index in [1.54, 1.807) is 36.0 Å². The number of halogens is 1. The quantitative estimate of drug-likeness (QED) is 0.882. The Balaban J connectivity index is 1.89. The van der Waals surface area contributed by atoms with Gasteiger partial charge in [-0.25, -0.2) is 4.79 Å². The van der Waals surface area contributed by atoms with Gasteiger partial charge in [-0.2, -0.15) is 5.10 Å². The number of urea groups is 1. The van der Waals surface area contributed by atoms with Gasteiger partial charge in [0.25, 0.3) is 0 Å². The SMILES string of the molecule is COC(CNC(=O)N(C)Cc1cnn(C)c1)c1cccc(Cl)c1. The number of carbonyl (C=O) groups excluding carboxylic acids is 1. The summed E-state index contributed by atoms with van der Waals surface area (Å²) >= 11 is 5.99. The highest BCUT2D eigenvalue weighted by Gasteiger charge is 2.15. The lowest BCUT2D eigenvalue weighted by molar-refractivity contribution is 0.102. The number of methoxy groups -OCH3 is 1. The zero-order valence-corrected chi connectivity index (χ0v) is 14.2. The van der Waals surface area contributed by atoms with E-state index in [0.717, 1.165) is 11.1 Å². The van der Waals surface area contributed by atoms with Gasteiger partial charge in [0.1, 0.15) is 0 Å². The summed E-state index contributed by atoms with van der Waals surface area (Å²) in [5.74, 6) is 0. The summed E-state index contributed by atoms with van der Waals surface area (Å²) in [6.45, 7) is 0.863. The third-order valence-electron chi connectivity index (χ3n) is 3.47. The van der Waals surface area contributed by atoms with Crippen molar-refractivity contribution in [2.75, 3.05) is 20.7 Å². The van der Waals surface area contributed by atoms with Gasteiger partial charge in [-0.1, -0.05) is 23.7 Å². The molecule has 0 spiro atoms. The van der Waals surface area contributed by atoms with Gasteiger partial charge in [-0.3, -0.25) is 4.68 Å². The molecule has 0 bridgehead atoms. The van der Waals surface area contributed by atoms with Crippen LogP contribution in [0.5, 0.6) is 0 Å². The molecule has 124 valence electrons. The molecular formula is C16H21ClN4O2. The van der Waals surface area contributed by atoms with E-state index in [9.17, 15) is 4.79 Å². The molecule has 1 unspecified atom stereocenters. The molecule has 2 aromatic rings. The molecular weight excluding hydrogens is 316 g/mol. The number of amides is 2. The maximum absolute atomic E-state index is 12.2. The third kappa shape index (κ3) is 4.97. The lowest BCUT2D eigenvalue weighted by Gasteiger charge is -2.21. The summed E-state index contributed by atoms with van der Waals surface area (Å²) in [5, 5.41) is 7.60. The van der Waals surface area contributed by atoms with Crippen molar-refractivity contribution in [3.8, 4) is 0 Å². The fourth-order valence-corrected chi connectivity index (χ4v) is 2.46. The van der Waals surface area contributed by atoms with E-state index in [1.807, 2.05) is 31.4 Å². The first-order chi connectivity index (χ1) is 11.0. The normalized spacial score (nSPS) is 12.0. The van der Waals surface area contributed by atoms with Gasteiger partial charge < -0.3 is 15.0 Å². The van der Waals surface area contributed by atoms with E-state index in [0.29, 0.717) is 18.1 Å². The topological polar surface area (TPSA) is 59.4 Å². The molecule has 1 heterocycles. The molecule has 0 saturated heterocycles. The van der Waals surface area contributed by atoms with E-state index in [-0.39, 0.29) is 12.1 Å². The summed E-state index contributed by atoms with van der Waals surface area (Å²) in [7, 11) is 5.19. The first-order valence-electron chi connectivity index (χ1n) is 7.24. The van der Waals surface area contributed by atoms with Crippen LogP contribution in [0.1, 0.15) is 17.2 Å². The van der Waals surface area contributed by atoms with Gasteiger partial charge in [0.15, 0.2) is 0 Å². The van der Waals surface area contributed by atoms with Crippen LogP contribution in [0.4, 0.5) is 4.79 Å². The Hall–Kier alpha value is -2.05. The van der Waals surface area contributed by atoms with Crippen LogP contribution in [-0.2, 0) is 18.3 Å². The van der Waals surface area contributed by atoms with E-state index < -0.39 is 0 Å². The van der Waals surface area contributed by atoms with Gasteiger partial charge in [0.05, 0.1) is 18.8 Å². The maximum Gasteiger partial charge on any atom is 0.317 e. The largest absolute Gasteiger partial charge is 0.375 e. The van der Waals surface area contributed by atoms with Crippen molar-refractivity contribution in [1.82, 2.24) is 20.0 Å². The average Bonchev–Trinajstić information content (AvgIpc) is 2.92. The first kappa shape index (κ1) is 17.3. The standard InChI is InChI=1S/C16H21ClN4O2/c1-20(10-12-8-19-21(2)11-12)16(22)18-9-15(23-3)13-5-4-6-14(17)7-13/h4-8,11,15H,9-10H2,1-3H3,(H,18,22). The molecule has 0 radical (unpaired) electrons. The molecule has 23 heavy (non-hydrogen) atoms. The number of carbonyl (C=O) groups is 1. The number of rotatable bonds is 6. The van der Waals surface area contributed by atoms with Crippen LogP contribution < -0.4 is 5.32 Å². The summed E-state index contributed by atoms with van der Waals surface area (Å²) in [6, 6.07) is 7.25. The molecule has 1 N–H and O–H groups in total. The second-order valence-electron chi connectivity index (χ2n) is 5.34. The van der Waals surface area contributed by atoms with E-state index >= 15 is 0 Å². The molecule has 0 aliphatic carbocycles. The van der Waals surface area contributed by atoms with Crippen LogP contribution in [0.15, 0.2) is 36.7 Å². The molecule has 0 aliphatic rings. The Morgan fingerprint density at radius 2 is 2.30 bits per heavy atom. The summed E-state index contributed by atoms with van der Waals surface area (Å²) in [6.07, 6.45) is 3.38. The molecule has 7 heteroatoms. The zero-order valence-electron chi connectivity index (χ0n) is 13.5. The Kier molecular flexibility index (Phi) is 6.01. The predicted molar refractivity (Wildman–Crippen MR) is 89.3 cm³/mol. The average molecular weight is 337 g/mol. The third-order valence-corrected chi connectivity index (χ3v) is 3.70. The van der Waals surface area contributed by atoms with E-state index in [1.165, 1.54) is 0 Å². The number of nitrogens with one attached hydrogen (secondary N) is 1. The molecule has 0 aliphatic heterocycles. The van der Waals surface area contributed by atoms with Crippen LogP contribution in [0.3, 0.4) is 0 Å². The highest BCUT2D eigenvalue weighted by atomic mass is 35.5. The fraction of sp³-hybridized carbons (Fsp3) is 0.375. The summed E-state index contributed by atoms with van der Waals surface area (Å²) < 4.78 is 7.15. The van der Waals surface area contributed by atoms with Crippen LogP contribution in [0.2, 0.25) is 5.02 Å². The van der Waals surface area contributed by atoms with E-state index in [4.69, 9.17) is 16.3 Å². The summed E-state index contributed by atoms with van der Waals surface area (Å²) in [5.41, 5.74) is 1.90. The van der Waals surface area contributed by atoms with Gasteiger partial charge in [0, 0.05) is 44.5 Å². The lowest BCUT2D eigenvalue weighted by Crippen LogP contribution is -2.39. The second-order valence-corrected chi connectivity index (χ2v) is 5.78. The maximum atomic E-state index is 12.2. The Morgan fingerprint density at radius 3 is 2.91 bits per heavy atom. The van der Waals surface area contributed by atoms with Gasteiger partial charge in [0.2, 0.25) is 0 Å². The zero-order chi connectivity index (χ0) is 16.8. The van der Waals surface area contributed by atoms with Crippen LogP contribution in [0, 0.1) is 0 Å². The molecule has 2 rings (SSSR count). The number of ether oxygens (including phenoxy) is 1. The molecule has 1 aromatic carbocycles. The summed E-state index contributed by atoms with van der Waals surface area (Å²) in [4.78, 5) is 13.8. The van der Waals surface area contributed by atoms with E-state index in [2.05, 4.69) is 10.4 Å².